The summed E-state index contributed by atoms with van der Waals surface area (Å²) in [5, 5.41) is 13.5. The van der Waals surface area contributed by atoms with Gasteiger partial charge in [0.15, 0.2) is 6.61 Å². The molecule has 21 heavy (non-hydrogen) atoms. The Morgan fingerprint density at radius 1 is 1.10 bits per heavy atom. The number of nitrogens with zero attached hydrogens (tertiary/aromatic N) is 2. The first kappa shape index (κ1) is 14.3. The van der Waals surface area contributed by atoms with E-state index in [1.54, 1.807) is 30.3 Å². The number of anilines is 2. The topological polar surface area (TPSA) is 113 Å². The van der Waals surface area contributed by atoms with E-state index >= 15 is 0 Å². The molecule has 0 saturated heterocycles. The van der Waals surface area contributed by atoms with Crippen LogP contribution in [-0.2, 0) is 4.79 Å². The number of ether oxygens (including phenoxy) is 1. The predicted molar refractivity (Wildman–Crippen MR) is 74.2 cm³/mol. The fraction of sp³-hybridized carbons (Fsp3) is 0.0769. The first-order valence-electron chi connectivity index (χ1n) is 5.93. The minimum absolute atomic E-state index is 0.191. The molecule has 1 aromatic carbocycles. The van der Waals surface area contributed by atoms with Gasteiger partial charge in [0.25, 0.3) is 0 Å². The molecule has 2 amide bonds. The van der Waals surface area contributed by atoms with Gasteiger partial charge in [-0.25, -0.2) is 19.6 Å². The van der Waals surface area contributed by atoms with Crippen molar-refractivity contribution < 1.29 is 19.4 Å². The number of carbonyl (C=O) groups excluding carboxylic acids is 1. The third-order valence-electron chi connectivity index (χ3n) is 2.27. The number of carboxylic acid groups (broad SMARTS) is 1. The number of rotatable bonds is 5. The quantitative estimate of drug-likeness (QED) is 0.769. The van der Waals surface area contributed by atoms with Gasteiger partial charge in [-0.1, -0.05) is 0 Å². The normalized spacial score (nSPS) is 9.71. The van der Waals surface area contributed by atoms with Crippen molar-refractivity contribution in [3.05, 3.63) is 42.7 Å². The SMILES string of the molecule is O=C(O)COc1ccc(NC(=O)Nc2ncccn2)cc1. The van der Waals surface area contributed by atoms with Crippen molar-refractivity contribution in [3.8, 4) is 5.75 Å². The van der Waals surface area contributed by atoms with Crippen LogP contribution in [0.2, 0.25) is 0 Å². The summed E-state index contributed by atoms with van der Waals surface area (Å²) in [5.41, 5.74) is 0.520. The Bertz CT molecular complexity index is 616. The van der Waals surface area contributed by atoms with Crippen LogP contribution >= 0.6 is 0 Å². The minimum atomic E-state index is -1.06. The van der Waals surface area contributed by atoms with Crippen molar-refractivity contribution in [2.45, 2.75) is 0 Å². The maximum Gasteiger partial charge on any atom is 0.341 e. The highest BCUT2D eigenvalue weighted by Crippen LogP contribution is 2.15. The van der Waals surface area contributed by atoms with Crippen LogP contribution in [0.4, 0.5) is 16.4 Å². The lowest BCUT2D eigenvalue weighted by molar-refractivity contribution is -0.139. The molecule has 0 unspecified atom stereocenters. The van der Waals surface area contributed by atoms with Crippen molar-refractivity contribution in [1.29, 1.82) is 0 Å². The van der Waals surface area contributed by atoms with Crippen LogP contribution in [0.25, 0.3) is 0 Å². The standard InChI is InChI=1S/C13H12N4O4/c18-11(19)8-21-10-4-2-9(3-5-10)16-13(20)17-12-14-6-1-7-15-12/h1-7H,8H2,(H,18,19)(H2,14,15,16,17,20). The molecule has 8 heteroatoms. The van der Waals surface area contributed by atoms with Crippen LogP contribution in [-0.4, -0.2) is 33.7 Å². The molecule has 0 radical (unpaired) electrons. The minimum Gasteiger partial charge on any atom is -0.482 e. The van der Waals surface area contributed by atoms with E-state index < -0.39 is 18.6 Å². The van der Waals surface area contributed by atoms with Crippen molar-refractivity contribution in [2.24, 2.45) is 0 Å². The van der Waals surface area contributed by atoms with E-state index in [4.69, 9.17) is 9.84 Å². The maximum atomic E-state index is 11.7. The molecule has 0 saturated carbocycles. The van der Waals surface area contributed by atoms with E-state index in [1.165, 1.54) is 12.4 Å². The molecular formula is C13H12N4O4. The van der Waals surface area contributed by atoms with Gasteiger partial charge in [0.05, 0.1) is 0 Å². The molecule has 0 aliphatic rings. The number of carboxylic acids is 1. The smallest absolute Gasteiger partial charge is 0.341 e. The zero-order chi connectivity index (χ0) is 15.1. The highest BCUT2D eigenvalue weighted by molar-refractivity contribution is 5.98. The monoisotopic (exact) mass is 288 g/mol. The van der Waals surface area contributed by atoms with Crippen molar-refractivity contribution in [1.82, 2.24) is 9.97 Å². The maximum absolute atomic E-state index is 11.7. The van der Waals surface area contributed by atoms with Crippen LogP contribution in [0.1, 0.15) is 0 Å². The van der Waals surface area contributed by atoms with Gasteiger partial charge in [-0.15, -0.1) is 0 Å². The first-order chi connectivity index (χ1) is 10.1. The van der Waals surface area contributed by atoms with Gasteiger partial charge in [0.2, 0.25) is 5.95 Å². The molecule has 0 spiro atoms. The lowest BCUT2D eigenvalue weighted by Crippen LogP contribution is -2.20. The van der Waals surface area contributed by atoms with E-state index in [9.17, 15) is 9.59 Å². The number of urea groups is 1. The van der Waals surface area contributed by atoms with Gasteiger partial charge < -0.3 is 15.2 Å². The summed E-state index contributed by atoms with van der Waals surface area (Å²) in [6.45, 7) is -0.418. The Morgan fingerprint density at radius 2 is 1.76 bits per heavy atom. The van der Waals surface area contributed by atoms with Crippen LogP contribution < -0.4 is 15.4 Å². The molecule has 1 heterocycles. The van der Waals surface area contributed by atoms with Gasteiger partial charge in [-0.2, -0.15) is 0 Å². The lowest BCUT2D eigenvalue weighted by atomic mass is 10.3. The molecule has 108 valence electrons. The van der Waals surface area contributed by atoms with Gasteiger partial charge in [-0.3, -0.25) is 5.32 Å². The third kappa shape index (κ3) is 4.78. The highest BCUT2D eigenvalue weighted by Gasteiger charge is 2.04. The van der Waals surface area contributed by atoms with Crippen LogP contribution in [0, 0.1) is 0 Å². The number of aliphatic carboxylic acids is 1. The number of carbonyl (C=O) groups is 2. The van der Waals surface area contributed by atoms with Gasteiger partial charge in [0.1, 0.15) is 5.75 Å². The summed E-state index contributed by atoms with van der Waals surface area (Å²) in [4.78, 5) is 29.7. The summed E-state index contributed by atoms with van der Waals surface area (Å²) in [5.74, 6) is -0.467. The number of aromatic nitrogens is 2. The van der Waals surface area contributed by atoms with Crippen LogP contribution in [0.3, 0.4) is 0 Å². The van der Waals surface area contributed by atoms with Gasteiger partial charge in [0, 0.05) is 18.1 Å². The van der Waals surface area contributed by atoms with E-state index in [1.807, 2.05) is 0 Å². The second-order valence-corrected chi connectivity index (χ2v) is 3.86. The van der Waals surface area contributed by atoms with E-state index in [2.05, 4.69) is 20.6 Å². The predicted octanol–water partition coefficient (Wildman–Crippen LogP) is 1.58. The molecule has 0 atom stereocenters. The Hall–Kier alpha value is -3.16. The Morgan fingerprint density at radius 3 is 2.38 bits per heavy atom. The van der Waals surface area contributed by atoms with Crippen LogP contribution in [0.5, 0.6) is 5.75 Å². The Labute approximate surface area is 119 Å². The number of nitrogens with one attached hydrogen (secondary N) is 2. The van der Waals surface area contributed by atoms with Crippen molar-refractivity contribution >= 4 is 23.6 Å². The van der Waals surface area contributed by atoms with Crippen LogP contribution in [0.15, 0.2) is 42.7 Å². The van der Waals surface area contributed by atoms with E-state index in [0.717, 1.165) is 0 Å². The Kier molecular flexibility index (Phi) is 4.65. The molecule has 0 bridgehead atoms. The fourth-order valence-electron chi connectivity index (χ4n) is 1.41. The fourth-order valence-corrected chi connectivity index (χ4v) is 1.41. The Balaban J connectivity index is 1.88. The summed E-state index contributed by atoms with van der Waals surface area (Å²) in [6.07, 6.45) is 3.02. The second-order valence-electron chi connectivity index (χ2n) is 3.86. The number of hydrogen-bond donors (Lipinski definition) is 3. The average molecular weight is 288 g/mol. The zero-order valence-corrected chi connectivity index (χ0v) is 10.8. The van der Waals surface area contributed by atoms with E-state index in [0.29, 0.717) is 11.4 Å². The van der Waals surface area contributed by atoms with Crippen molar-refractivity contribution in [2.75, 3.05) is 17.2 Å². The molecule has 2 rings (SSSR count). The molecule has 8 nitrogen and oxygen atoms in total. The molecule has 0 fully saturated rings. The zero-order valence-electron chi connectivity index (χ0n) is 10.8. The second kappa shape index (κ2) is 6.85. The summed E-state index contributed by atoms with van der Waals surface area (Å²) >= 11 is 0. The molecule has 1 aromatic heterocycles. The highest BCUT2D eigenvalue weighted by atomic mass is 16.5. The average Bonchev–Trinajstić information content (AvgIpc) is 2.47. The third-order valence-corrected chi connectivity index (χ3v) is 2.27. The molecule has 0 aliphatic heterocycles. The number of hydrogen-bond acceptors (Lipinski definition) is 5. The molecule has 2 aromatic rings. The first-order valence-corrected chi connectivity index (χ1v) is 5.93. The number of benzene rings is 1. The number of amides is 2. The van der Waals surface area contributed by atoms with Gasteiger partial charge in [-0.05, 0) is 30.3 Å². The summed E-state index contributed by atoms with van der Waals surface area (Å²) in [7, 11) is 0. The largest absolute Gasteiger partial charge is 0.482 e. The summed E-state index contributed by atoms with van der Waals surface area (Å²) in [6, 6.07) is 7.43. The van der Waals surface area contributed by atoms with Gasteiger partial charge >= 0.3 is 12.0 Å². The molecule has 3 N–H and O–H groups in total. The lowest BCUT2D eigenvalue weighted by Gasteiger charge is -2.07. The summed E-state index contributed by atoms with van der Waals surface area (Å²) < 4.78 is 4.98. The van der Waals surface area contributed by atoms with Crippen molar-refractivity contribution in [3.63, 3.8) is 0 Å². The van der Waals surface area contributed by atoms with E-state index in [-0.39, 0.29) is 5.95 Å². The molecule has 0 aliphatic carbocycles. The molecular weight excluding hydrogens is 276 g/mol.